The average Bonchev–Trinajstić information content (AvgIpc) is 3.34. The zero-order valence-electron chi connectivity index (χ0n) is 37.6. The number of rotatable bonds is 11. The molecule has 5 aromatic carbocycles. The zero-order chi connectivity index (χ0) is 47.0. The van der Waals surface area contributed by atoms with Gasteiger partial charge in [0, 0.05) is 57.8 Å². The minimum absolute atomic E-state index is 0.0157. The van der Waals surface area contributed by atoms with Crippen LogP contribution in [0.4, 0.5) is 0 Å². The van der Waals surface area contributed by atoms with Gasteiger partial charge in [-0.1, -0.05) is 115 Å². The normalized spacial score (nSPS) is 20.5. The Morgan fingerprint density at radius 1 is 0.761 bits per heavy atom. The second kappa shape index (κ2) is 23.3. The number of benzene rings is 5. The lowest BCUT2D eigenvalue weighted by atomic mass is 9.74. The molecule has 348 valence electrons. The summed E-state index contributed by atoms with van der Waals surface area (Å²) in [5.41, 5.74) is 9.49. The van der Waals surface area contributed by atoms with Crippen LogP contribution in [0.1, 0.15) is 41.5 Å². The number of amides is 6. The molecule has 3 atom stereocenters. The van der Waals surface area contributed by atoms with Crippen molar-refractivity contribution in [2.75, 3.05) is 45.9 Å². The van der Waals surface area contributed by atoms with Gasteiger partial charge in [0.05, 0.1) is 25.0 Å². The summed E-state index contributed by atoms with van der Waals surface area (Å²) < 4.78 is 5.38. The fourth-order valence-corrected chi connectivity index (χ4v) is 8.78. The van der Waals surface area contributed by atoms with Crippen LogP contribution in [0.2, 0.25) is 0 Å². The Labute approximate surface area is 391 Å². The Kier molecular flexibility index (Phi) is 16.6. The van der Waals surface area contributed by atoms with Gasteiger partial charge in [0.25, 0.3) is 0 Å². The molecular formula is C53H59N7O7. The number of nitrogens with one attached hydrogen (secondary N) is 5. The van der Waals surface area contributed by atoms with Crippen LogP contribution < -0.4 is 32.3 Å². The summed E-state index contributed by atoms with van der Waals surface area (Å²) in [6.45, 7) is 1.59. The molecule has 0 unspecified atom stereocenters. The molecule has 6 amide bonds. The minimum Gasteiger partial charge on any atom is -0.378 e. The van der Waals surface area contributed by atoms with Crippen molar-refractivity contribution in [2.45, 2.75) is 57.2 Å². The summed E-state index contributed by atoms with van der Waals surface area (Å²) in [7, 11) is 0. The molecule has 2 heterocycles. The van der Waals surface area contributed by atoms with Gasteiger partial charge in [0.2, 0.25) is 35.4 Å². The largest absolute Gasteiger partial charge is 0.378 e. The maximum Gasteiger partial charge on any atom is 0.246 e. The molecule has 0 saturated carbocycles. The number of carbonyl (C=O) groups excluding carboxylic acids is 6. The van der Waals surface area contributed by atoms with Crippen LogP contribution in [0.25, 0.3) is 21.9 Å². The third kappa shape index (κ3) is 13.2. The Bertz CT molecular complexity index is 2570. The van der Waals surface area contributed by atoms with E-state index in [9.17, 15) is 28.8 Å². The highest BCUT2D eigenvalue weighted by molar-refractivity contribution is 5.97. The second-order valence-corrected chi connectivity index (χ2v) is 17.2. The number of ether oxygens (including phenoxy) is 1. The number of nitrogens with two attached hydrogens (primary N) is 1. The molecule has 0 aromatic heterocycles. The van der Waals surface area contributed by atoms with Crippen LogP contribution in [-0.4, -0.2) is 98.4 Å². The lowest BCUT2D eigenvalue weighted by Gasteiger charge is -2.42. The number of nitrogens with zero attached hydrogens (tertiary/aromatic N) is 1. The molecule has 0 spiro atoms. The van der Waals surface area contributed by atoms with Crippen molar-refractivity contribution in [3.05, 3.63) is 156 Å². The van der Waals surface area contributed by atoms with Crippen LogP contribution in [0.5, 0.6) is 0 Å². The minimum atomic E-state index is -1.10. The van der Waals surface area contributed by atoms with E-state index in [4.69, 9.17) is 10.5 Å². The van der Waals surface area contributed by atoms with Crippen molar-refractivity contribution in [3.63, 3.8) is 0 Å². The van der Waals surface area contributed by atoms with E-state index < -0.39 is 47.0 Å². The highest BCUT2D eigenvalue weighted by Crippen LogP contribution is 2.35. The standard InChI is InChI=1S/C53H59N7O7/c54-25-29-67-30-27-56-50(64)45-23-26-55-47(61)21-22-49(63)60-28-8-24-53(36-60,34-38-9-2-1-3-10-38)52(66)59-46(51(65)57-35-44-14-7-6-13-42(44)33-48(62)58-45)31-37-15-17-40(18-16-37)43-20-19-39-11-4-5-12-41(39)32-43/h1-7,9-22,32,45-46H,8,23-31,33-36,54H2,(H,55,61)(H,56,64)(H,57,65)(H,58,62)(H,59,66)/b22-21+/t45-,46-,53-/m0/s1. The number of piperidine rings is 1. The molecule has 1 fully saturated rings. The van der Waals surface area contributed by atoms with E-state index in [1.54, 1.807) is 17.0 Å². The lowest BCUT2D eigenvalue weighted by molar-refractivity contribution is -0.141. The molecule has 2 aliphatic heterocycles. The molecular weight excluding hydrogens is 847 g/mol. The van der Waals surface area contributed by atoms with Crippen LogP contribution in [0, 0.1) is 5.41 Å². The average molecular weight is 906 g/mol. The Balaban J connectivity index is 1.18. The van der Waals surface area contributed by atoms with E-state index in [1.807, 2.05) is 78.9 Å². The van der Waals surface area contributed by atoms with Crippen molar-refractivity contribution in [1.82, 2.24) is 31.5 Å². The van der Waals surface area contributed by atoms with Crippen molar-refractivity contribution >= 4 is 46.2 Å². The summed E-state index contributed by atoms with van der Waals surface area (Å²) in [5.74, 6) is -2.69. The molecule has 1 saturated heterocycles. The summed E-state index contributed by atoms with van der Waals surface area (Å²) in [5, 5.41) is 16.8. The van der Waals surface area contributed by atoms with Gasteiger partial charge in [0.15, 0.2) is 0 Å². The fraction of sp³-hybridized carbons (Fsp3) is 0.321. The zero-order valence-corrected chi connectivity index (χ0v) is 37.6. The number of hydrogen-bond donors (Lipinski definition) is 6. The van der Waals surface area contributed by atoms with E-state index in [2.05, 4.69) is 56.9 Å². The smallest absolute Gasteiger partial charge is 0.246 e. The SMILES string of the molecule is NCCOCCNC(=O)[C@@H]1CCNC(=O)/C=C/C(=O)N2CCC[C@](Cc3ccccc3)(C2)C(=O)N[C@@H](Cc2ccc(-c3ccc4ccccc4c3)cc2)C(=O)NCc2ccccc2CC(=O)N1. The van der Waals surface area contributed by atoms with Crippen molar-refractivity contribution in [1.29, 1.82) is 0 Å². The van der Waals surface area contributed by atoms with Gasteiger partial charge in [-0.05, 0) is 75.9 Å². The number of carbonyl (C=O) groups is 6. The summed E-state index contributed by atoms with van der Waals surface area (Å²) >= 11 is 0. The van der Waals surface area contributed by atoms with Gasteiger partial charge in [0.1, 0.15) is 12.1 Å². The Morgan fingerprint density at radius 2 is 1.49 bits per heavy atom. The van der Waals surface area contributed by atoms with Crippen LogP contribution in [0.3, 0.4) is 0 Å². The molecule has 14 heteroatoms. The first-order valence-electron chi connectivity index (χ1n) is 23.0. The van der Waals surface area contributed by atoms with Crippen LogP contribution >= 0.6 is 0 Å². The maximum atomic E-state index is 15.0. The van der Waals surface area contributed by atoms with Gasteiger partial charge in [-0.25, -0.2) is 0 Å². The first kappa shape index (κ1) is 47.8. The van der Waals surface area contributed by atoms with Gasteiger partial charge < -0.3 is 42.0 Å². The van der Waals surface area contributed by atoms with E-state index in [0.717, 1.165) is 39.1 Å². The summed E-state index contributed by atoms with van der Waals surface area (Å²) in [6.07, 6.45) is 3.73. The van der Waals surface area contributed by atoms with E-state index >= 15 is 0 Å². The molecule has 5 aromatic rings. The van der Waals surface area contributed by atoms with Crippen LogP contribution in [-0.2, 0) is 59.3 Å². The maximum absolute atomic E-state index is 15.0. The first-order chi connectivity index (χ1) is 32.6. The quantitative estimate of drug-likeness (QED) is 0.107. The monoisotopic (exact) mass is 905 g/mol. The molecule has 67 heavy (non-hydrogen) atoms. The number of hydrogen-bond acceptors (Lipinski definition) is 8. The lowest BCUT2D eigenvalue weighted by Crippen LogP contribution is -2.58. The first-order valence-corrected chi connectivity index (χ1v) is 23.0. The number of fused-ring (bicyclic) bond motifs is 4. The molecule has 7 N–H and O–H groups in total. The molecule has 14 nitrogen and oxygen atoms in total. The summed E-state index contributed by atoms with van der Waals surface area (Å²) in [6, 6.07) is 37.2. The van der Waals surface area contributed by atoms with Gasteiger partial charge >= 0.3 is 0 Å². The van der Waals surface area contributed by atoms with Crippen molar-refractivity contribution in [2.24, 2.45) is 11.1 Å². The van der Waals surface area contributed by atoms with Crippen LogP contribution in [0.15, 0.2) is 133 Å². The molecule has 0 aliphatic carbocycles. The fourth-order valence-electron chi connectivity index (χ4n) is 8.78. The molecule has 0 radical (unpaired) electrons. The topological polar surface area (TPSA) is 201 Å². The second-order valence-electron chi connectivity index (χ2n) is 17.2. The summed E-state index contributed by atoms with van der Waals surface area (Å²) in [4.78, 5) is 84.8. The predicted octanol–water partition coefficient (Wildman–Crippen LogP) is 3.90. The highest BCUT2D eigenvalue weighted by atomic mass is 16.5. The highest BCUT2D eigenvalue weighted by Gasteiger charge is 2.44. The Hall–Kier alpha value is -7.16. The molecule has 2 bridgehead atoms. The van der Waals surface area contributed by atoms with Gasteiger partial charge in [-0.2, -0.15) is 0 Å². The van der Waals surface area contributed by atoms with Crippen molar-refractivity contribution in [3.8, 4) is 11.1 Å². The van der Waals surface area contributed by atoms with Crippen molar-refractivity contribution < 1.29 is 33.5 Å². The third-order valence-electron chi connectivity index (χ3n) is 12.3. The predicted molar refractivity (Wildman–Crippen MR) is 257 cm³/mol. The van der Waals surface area contributed by atoms with E-state index in [0.29, 0.717) is 50.1 Å². The third-order valence-corrected chi connectivity index (χ3v) is 12.3. The Morgan fingerprint density at radius 3 is 2.28 bits per heavy atom. The van der Waals surface area contributed by atoms with E-state index in [1.165, 1.54) is 6.08 Å². The van der Waals surface area contributed by atoms with Gasteiger partial charge in [-0.15, -0.1) is 0 Å². The molecule has 7 rings (SSSR count). The molecule has 2 aliphatic rings. The van der Waals surface area contributed by atoms with E-state index in [-0.39, 0.29) is 58.0 Å². The van der Waals surface area contributed by atoms with Gasteiger partial charge in [-0.3, -0.25) is 28.8 Å².